The molecule has 0 bridgehead atoms. The summed E-state index contributed by atoms with van der Waals surface area (Å²) >= 11 is 0. The maximum atomic E-state index is 4.71. The first kappa shape index (κ1) is 13.3. The van der Waals surface area contributed by atoms with Gasteiger partial charge in [0.1, 0.15) is 5.82 Å². The third-order valence-electron chi connectivity index (χ3n) is 4.15. The summed E-state index contributed by atoms with van der Waals surface area (Å²) in [6.45, 7) is 7.65. The predicted molar refractivity (Wildman–Crippen MR) is 80.0 cm³/mol. The lowest BCUT2D eigenvalue weighted by Crippen LogP contribution is -2.30. The second-order valence-corrected chi connectivity index (χ2v) is 6.17. The van der Waals surface area contributed by atoms with Crippen molar-refractivity contribution in [3.8, 4) is 0 Å². The van der Waals surface area contributed by atoms with Gasteiger partial charge in [-0.15, -0.1) is 15.3 Å². The SMILES string of the molecule is Cc1nnc2ccc(N3CCCC3CCC(C)C)nn12. The van der Waals surface area contributed by atoms with E-state index in [9.17, 15) is 0 Å². The number of hydrogen-bond donors (Lipinski definition) is 0. The van der Waals surface area contributed by atoms with Gasteiger partial charge in [0, 0.05) is 12.6 Å². The van der Waals surface area contributed by atoms with Crippen LogP contribution in [0.2, 0.25) is 0 Å². The quantitative estimate of drug-likeness (QED) is 0.859. The fraction of sp³-hybridized carbons (Fsp3) is 0.667. The molecule has 2 aromatic heterocycles. The van der Waals surface area contributed by atoms with Crippen LogP contribution in [0, 0.1) is 12.8 Å². The second-order valence-electron chi connectivity index (χ2n) is 6.17. The molecule has 0 radical (unpaired) electrons. The molecule has 20 heavy (non-hydrogen) atoms. The van der Waals surface area contributed by atoms with E-state index >= 15 is 0 Å². The molecule has 2 aromatic rings. The molecule has 3 heterocycles. The highest BCUT2D eigenvalue weighted by Crippen LogP contribution is 2.27. The van der Waals surface area contributed by atoms with Crippen LogP contribution >= 0.6 is 0 Å². The van der Waals surface area contributed by atoms with Crippen molar-refractivity contribution < 1.29 is 0 Å². The van der Waals surface area contributed by atoms with Crippen LogP contribution in [0.4, 0.5) is 5.82 Å². The Morgan fingerprint density at radius 1 is 1.30 bits per heavy atom. The molecule has 0 amide bonds. The molecular formula is C15H23N5. The maximum Gasteiger partial charge on any atom is 0.178 e. The van der Waals surface area contributed by atoms with Crippen molar-refractivity contribution in [1.29, 1.82) is 0 Å². The Balaban J connectivity index is 1.83. The zero-order valence-corrected chi connectivity index (χ0v) is 12.6. The van der Waals surface area contributed by atoms with Crippen molar-refractivity contribution in [3.05, 3.63) is 18.0 Å². The van der Waals surface area contributed by atoms with Gasteiger partial charge in [-0.3, -0.25) is 0 Å². The van der Waals surface area contributed by atoms with E-state index in [1.54, 1.807) is 0 Å². The second kappa shape index (κ2) is 5.38. The summed E-state index contributed by atoms with van der Waals surface area (Å²) < 4.78 is 1.84. The van der Waals surface area contributed by atoms with Crippen LogP contribution in [0.3, 0.4) is 0 Å². The summed E-state index contributed by atoms with van der Waals surface area (Å²) in [5.74, 6) is 2.68. The van der Waals surface area contributed by atoms with Crippen LogP contribution in [-0.4, -0.2) is 32.4 Å². The number of hydrogen-bond acceptors (Lipinski definition) is 4. The Kier molecular flexibility index (Phi) is 3.59. The number of fused-ring (bicyclic) bond motifs is 1. The Morgan fingerprint density at radius 3 is 2.95 bits per heavy atom. The highest BCUT2D eigenvalue weighted by Gasteiger charge is 2.26. The zero-order chi connectivity index (χ0) is 14.1. The van der Waals surface area contributed by atoms with Crippen LogP contribution in [-0.2, 0) is 0 Å². The van der Waals surface area contributed by atoms with E-state index in [1.807, 2.05) is 17.5 Å². The van der Waals surface area contributed by atoms with Crippen LogP contribution in [0.1, 0.15) is 45.4 Å². The molecule has 0 aliphatic carbocycles. The number of rotatable bonds is 4. The van der Waals surface area contributed by atoms with Gasteiger partial charge < -0.3 is 4.90 Å². The number of aromatic nitrogens is 4. The molecule has 1 fully saturated rings. The molecule has 0 N–H and O–H groups in total. The minimum atomic E-state index is 0.638. The molecule has 0 saturated carbocycles. The van der Waals surface area contributed by atoms with Crippen LogP contribution in [0.5, 0.6) is 0 Å². The summed E-state index contributed by atoms with van der Waals surface area (Å²) in [4.78, 5) is 2.46. The van der Waals surface area contributed by atoms with Gasteiger partial charge in [0.05, 0.1) is 0 Å². The zero-order valence-electron chi connectivity index (χ0n) is 12.6. The van der Waals surface area contributed by atoms with Crippen LogP contribution in [0.15, 0.2) is 12.1 Å². The van der Waals surface area contributed by atoms with Crippen LogP contribution < -0.4 is 4.90 Å². The Hall–Kier alpha value is -1.65. The molecule has 0 aromatic carbocycles. The molecule has 3 rings (SSSR count). The lowest BCUT2D eigenvalue weighted by Gasteiger charge is -2.26. The third kappa shape index (κ3) is 2.49. The average Bonchev–Trinajstić information content (AvgIpc) is 3.03. The minimum Gasteiger partial charge on any atom is -0.352 e. The first-order valence-electron chi connectivity index (χ1n) is 7.61. The molecule has 5 heteroatoms. The molecule has 1 unspecified atom stereocenters. The highest BCUT2D eigenvalue weighted by atomic mass is 15.4. The fourth-order valence-electron chi connectivity index (χ4n) is 3.00. The average molecular weight is 273 g/mol. The third-order valence-corrected chi connectivity index (χ3v) is 4.15. The van der Waals surface area contributed by atoms with E-state index in [1.165, 1.54) is 25.7 Å². The molecule has 0 spiro atoms. The van der Waals surface area contributed by atoms with Gasteiger partial charge in [0.25, 0.3) is 0 Å². The smallest absolute Gasteiger partial charge is 0.178 e. The van der Waals surface area contributed by atoms with Crippen molar-refractivity contribution in [2.24, 2.45) is 5.92 Å². The minimum absolute atomic E-state index is 0.638. The lowest BCUT2D eigenvalue weighted by molar-refractivity contribution is 0.493. The summed E-state index contributed by atoms with van der Waals surface area (Å²) in [7, 11) is 0. The van der Waals surface area contributed by atoms with E-state index in [0.717, 1.165) is 29.8 Å². The largest absolute Gasteiger partial charge is 0.352 e. The highest BCUT2D eigenvalue weighted by molar-refractivity contribution is 5.47. The van der Waals surface area contributed by atoms with Gasteiger partial charge in [0.15, 0.2) is 11.5 Å². The van der Waals surface area contributed by atoms with E-state index in [4.69, 9.17) is 5.10 Å². The van der Waals surface area contributed by atoms with Crippen molar-refractivity contribution in [3.63, 3.8) is 0 Å². The van der Waals surface area contributed by atoms with Crippen molar-refractivity contribution >= 4 is 11.5 Å². The topological polar surface area (TPSA) is 46.3 Å². The van der Waals surface area contributed by atoms with E-state index in [-0.39, 0.29) is 0 Å². The van der Waals surface area contributed by atoms with E-state index < -0.39 is 0 Å². The fourth-order valence-corrected chi connectivity index (χ4v) is 3.00. The van der Waals surface area contributed by atoms with Gasteiger partial charge in [-0.1, -0.05) is 13.8 Å². The number of anilines is 1. The molecule has 1 atom stereocenters. The normalized spacial score (nSPS) is 19.4. The van der Waals surface area contributed by atoms with E-state index in [0.29, 0.717) is 6.04 Å². The molecular weight excluding hydrogens is 250 g/mol. The molecule has 1 saturated heterocycles. The Morgan fingerprint density at radius 2 is 2.15 bits per heavy atom. The Bertz CT molecular complexity index is 589. The lowest BCUT2D eigenvalue weighted by atomic mass is 10.0. The summed E-state index contributed by atoms with van der Waals surface area (Å²) in [6, 6.07) is 4.73. The summed E-state index contributed by atoms with van der Waals surface area (Å²) in [6.07, 6.45) is 5.10. The Labute approximate surface area is 120 Å². The van der Waals surface area contributed by atoms with Gasteiger partial charge in [-0.2, -0.15) is 4.52 Å². The molecule has 108 valence electrons. The maximum absolute atomic E-state index is 4.71. The molecule has 1 aliphatic rings. The summed E-state index contributed by atoms with van der Waals surface area (Å²) in [5, 5.41) is 12.9. The van der Waals surface area contributed by atoms with Crippen molar-refractivity contribution in [2.75, 3.05) is 11.4 Å². The summed E-state index contributed by atoms with van der Waals surface area (Å²) in [5.41, 5.74) is 0.823. The van der Waals surface area contributed by atoms with Gasteiger partial charge in [0.2, 0.25) is 0 Å². The number of aryl methyl sites for hydroxylation is 1. The monoisotopic (exact) mass is 273 g/mol. The van der Waals surface area contributed by atoms with Crippen LogP contribution in [0.25, 0.3) is 5.65 Å². The van der Waals surface area contributed by atoms with Gasteiger partial charge in [-0.25, -0.2) is 0 Å². The number of nitrogens with zero attached hydrogens (tertiary/aromatic N) is 5. The van der Waals surface area contributed by atoms with Crippen molar-refractivity contribution in [1.82, 2.24) is 19.8 Å². The van der Waals surface area contributed by atoms with E-state index in [2.05, 4.69) is 35.0 Å². The predicted octanol–water partition coefficient (Wildman–Crippen LogP) is 2.84. The first-order chi connectivity index (χ1) is 9.65. The van der Waals surface area contributed by atoms with Gasteiger partial charge >= 0.3 is 0 Å². The standard InChI is InChI=1S/C15H23N5/c1-11(2)6-7-13-5-4-10-19(13)15-9-8-14-17-16-12(3)20(14)18-15/h8-9,11,13H,4-7,10H2,1-3H3. The molecule has 1 aliphatic heterocycles. The molecule has 5 nitrogen and oxygen atoms in total. The first-order valence-corrected chi connectivity index (χ1v) is 7.61. The van der Waals surface area contributed by atoms with Crippen molar-refractivity contribution in [2.45, 2.75) is 52.5 Å². The van der Waals surface area contributed by atoms with Gasteiger partial charge in [-0.05, 0) is 50.7 Å².